The Morgan fingerprint density at radius 2 is 2.43 bits per heavy atom. The largest absolute Gasteiger partial charge is 0.389 e. The summed E-state index contributed by atoms with van der Waals surface area (Å²) in [6.45, 7) is 1.35. The smallest absolute Gasteiger partial charge is 0.121 e. The molecule has 0 heterocycles. The van der Waals surface area contributed by atoms with E-state index in [0.29, 0.717) is 6.42 Å². The Morgan fingerprint density at radius 1 is 1.86 bits per heavy atom. The molecule has 1 N–H and O–H groups in total. The summed E-state index contributed by atoms with van der Waals surface area (Å²) in [5, 5.41) is 8.02. The van der Waals surface area contributed by atoms with Crippen molar-refractivity contribution in [2.24, 2.45) is 0 Å². The van der Waals surface area contributed by atoms with Crippen LogP contribution in [0, 0.1) is 0 Å². The Kier molecular flexibility index (Phi) is 3.61. The van der Waals surface area contributed by atoms with Gasteiger partial charge in [0.2, 0.25) is 0 Å². The molecule has 0 fully saturated rings. The summed E-state index contributed by atoms with van der Waals surface area (Å²) < 4.78 is 11.7. The first-order chi connectivity index (χ1) is 3.31. The Balaban J connectivity index is 3.29. The van der Waals surface area contributed by atoms with E-state index in [-0.39, 0.29) is 0 Å². The van der Waals surface area contributed by atoms with Crippen LogP contribution < -0.4 is 0 Å². The molecule has 2 heteroatoms. The first-order valence-electron chi connectivity index (χ1n) is 2.26. The first-order valence-corrected chi connectivity index (χ1v) is 2.26. The van der Waals surface area contributed by atoms with Gasteiger partial charge in [-0.3, -0.25) is 0 Å². The molecular formula is C5H9FO. The lowest BCUT2D eigenvalue weighted by molar-refractivity contribution is 0.297. The van der Waals surface area contributed by atoms with E-state index in [0.717, 1.165) is 0 Å². The van der Waals surface area contributed by atoms with Gasteiger partial charge in [0.15, 0.2) is 0 Å². The fraction of sp³-hybridized carbons (Fsp3) is 0.600. The summed E-state index contributed by atoms with van der Waals surface area (Å²) in [4.78, 5) is 0. The highest BCUT2D eigenvalue weighted by atomic mass is 19.1. The third-order valence-electron chi connectivity index (χ3n) is 0.577. The van der Waals surface area contributed by atoms with Crippen molar-refractivity contribution in [3.8, 4) is 0 Å². The fourth-order valence-electron chi connectivity index (χ4n) is 0.286. The van der Waals surface area contributed by atoms with Gasteiger partial charge in [0.05, 0.1) is 6.61 Å². The van der Waals surface area contributed by atoms with Crippen molar-refractivity contribution in [1.29, 1.82) is 0 Å². The predicted molar refractivity (Wildman–Crippen MR) is 26.6 cm³/mol. The van der Waals surface area contributed by atoms with Crippen LogP contribution in [0.2, 0.25) is 0 Å². The van der Waals surface area contributed by atoms with E-state index in [1.165, 1.54) is 6.08 Å². The standard InChI is InChI=1S/C5H9FO/c1-2-3-5(6)4-7/h3,7H,2,4H2,1H3/b5-3-. The Labute approximate surface area is 42.5 Å². The van der Waals surface area contributed by atoms with Gasteiger partial charge < -0.3 is 5.11 Å². The normalized spacial score (nSPS) is 12.1. The lowest BCUT2D eigenvalue weighted by Gasteiger charge is -1.83. The second kappa shape index (κ2) is 3.81. The van der Waals surface area contributed by atoms with Crippen molar-refractivity contribution in [1.82, 2.24) is 0 Å². The zero-order valence-electron chi connectivity index (χ0n) is 4.32. The number of hydrogen-bond donors (Lipinski definition) is 1. The van der Waals surface area contributed by atoms with Crippen molar-refractivity contribution in [2.45, 2.75) is 13.3 Å². The molecule has 0 saturated heterocycles. The van der Waals surface area contributed by atoms with Gasteiger partial charge in [0.25, 0.3) is 0 Å². The van der Waals surface area contributed by atoms with Gasteiger partial charge in [-0.05, 0) is 6.42 Å². The highest BCUT2D eigenvalue weighted by Gasteiger charge is 1.83. The molecule has 1 nitrogen and oxygen atoms in total. The van der Waals surface area contributed by atoms with Gasteiger partial charge in [-0.1, -0.05) is 13.0 Å². The molecule has 0 aromatic carbocycles. The van der Waals surface area contributed by atoms with Gasteiger partial charge in [0, 0.05) is 0 Å². The van der Waals surface area contributed by atoms with E-state index in [1.807, 2.05) is 6.92 Å². The van der Waals surface area contributed by atoms with Crippen LogP contribution in [0.15, 0.2) is 11.9 Å². The average Bonchev–Trinajstić information content (AvgIpc) is 1.68. The quantitative estimate of drug-likeness (QED) is 0.558. The van der Waals surface area contributed by atoms with Crippen molar-refractivity contribution in [3.63, 3.8) is 0 Å². The summed E-state index contributed by atoms with van der Waals surface area (Å²) in [6, 6.07) is 0. The van der Waals surface area contributed by atoms with E-state index in [1.54, 1.807) is 0 Å². The summed E-state index contributed by atoms with van der Waals surface area (Å²) in [5.74, 6) is -0.442. The first kappa shape index (κ1) is 6.63. The SMILES string of the molecule is CC/C=C(\F)CO. The van der Waals surface area contributed by atoms with E-state index in [4.69, 9.17) is 5.11 Å². The highest BCUT2D eigenvalue weighted by Crippen LogP contribution is 1.93. The van der Waals surface area contributed by atoms with Crippen molar-refractivity contribution in [2.75, 3.05) is 6.61 Å². The van der Waals surface area contributed by atoms with Crippen LogP contribution in [0.25, 0.3) is 0 Å². The Hall–Kier alpha value is -0.370. The van der Waals surface area contributed by atoms with Crippen LogP contribution in [0.3, 0.4) is 0 Å². The van der Waals surface area contributed by atoms with Crippen molar-refractivity contribution >= 4 is 0 Å². The minimum Gasteiger partial charge on any atom is -0.389 e. The van der Waals surface area contributed by atoms with Crippen LogP contribution in [0.4, 0.5) is 4.39 Å². The van der Waals surface area contributed by atoms with Gasteiger partial charge in [-0.25, -0.2) is 4.39 Å². The molecule has 0 aromatic heterocycles. The van der Waals surface area contributed by atoms with E-state index in [2.05, 4.69) is 0 Å². The number of allylic oxidation sites excluding steroid dienone is 1. The second-order valence-electron chi connectivity index (χ2n) is 1.22. The summed E-state index contributed by atoms with van der Waals surface area (Å²) in [5.41, 5.74) is 0. The van der Waals surface area contributed by atoms with Crippen LogP contribution in [0.1, 0.15) is 13.3 Å². The molecule has 0 rings (SSSR count). The monoisotopic (exact) mass is 104 g/mol. The second-order valence-corrected chi connectivity index (χ2v) is 1.22. The molecule has 0 aromatic rings. The maximum Gasteiger partial charge on any atom is 0.121 e. The van der Waals surface area contributed by atoms with E-state index in [9.17, 15) is 4.39 Å². The maximum absolute atomic E-state index is 11.7. The average molecular weight is 104 g/mol. The molecule has 0 atom stereocenters. The lowest BCUT2D eigenvalue weighted by atomic mass is 10.4. The van der Waals surface area contributed by atoms with E-state index < -0.39 is 12.4 Å². The molecule has 0 bridgehead atoms. The molecule has 0 aliphatic heterocycles. The molecule has 0 amide bonds. The zero-order chi connectivity index (χ0) is 5.70. The molecule has 0 spiro atoms. The number of aliphatic hydroxyl groups excluding tert-OH is 1. The number of halogens is 1. The summed E-state index contributed by atoms with van der Waals surface area (Å²) >= 11 is 0. The van der Waals surface area contributed by atoms with Crippen molar-refractivity contribution < 1.29 is 9.50 Å². The minimum absolute atomic E-state index is 0.442. The predicted octanol–water partition coefficient (Wildman–Crippen LogP) is 1.24. The highest BCUT2D eigenvalue weighted by molar-refractivity contribution is 4.89. The van der Waals surface area contributed by atoms with Gasteiger partial charge in [-0.15, -0.1) is 0 Å². The Morgan fingerprint density at radius 3 is 2.57 bits per heavy atom. The molecule has 0 radical (unpaired) electrons. The molecule has 0 aliphatic rings. The molecule has 7 heavy (non-hydrogen) atoms. The number of rotatable bonds is 2. The number of hydrogen-bond acceptors (Lipinski definition) is 1. The van der Waals surface area contributed by atoms with Crippen molar-refractivity contribution in [3.05, 3.63) is 11.9 Å². The third kappa shape index (κ3) is 3.46. The van der Waals surface area contributed by atoms with Gasteiger partial charge in [0.1, 0.15) is 5.83 Å². The molecular weight excluding hydrogens is 95.1 g/mol. The van der Waals surface area contributed by atoms with Crippen LogP contribution in [0.5, 0.6) is 0 Å². The maximum atomic E-state index is 11.7. The van der Waals surface area contributed by atoms with Crippen LogP contribution in [-0.2, 0) is 0 Å². The Bertz CT molecular complexity index is 68.5. The van der Waals surface area contributed by atoms with Gasteiger partial charge >= 0.3 is 0 Å². The molecule has 0 unspecified atom stereocenters. The topological polar surface area (TPSA) is 20.2 Å². The minimum atomic E-state index is -0.464. The number of aliphatic hydroxyl groups is 1. The zero-order valence-corrected chi connectivity index (χ0v) is 4.32. The fourth-order valence-corrected chi connectivity index (χ4v) is 0.286. The molecule has 0 saturated carbocycles. The van der Waals surface area contributed by atoms with E-state index >= 15 is 0 Å². The third-order valence-corrected chi connectivity index (χ3v) is 0.577. The molecule has 42 valence electrons. The van der Waals surface area contributed by atoms with Gasteiger partial charge in [-0.2, -0.15) is 0 Å². The lowest BCUT2D eigenvalue weighted by Crippen LogP contribution is -1.79. The summed E-state index contributed by atoms with van der Waals surface area (Å²) in [6.07, 6.45) is 1.99. The summed E-state index contributed by atoms with van der Waals surface area (Å²) in [7, 11) is 0. The van der Waals surface area contributed by atoms with Crippen LogP contribution >= 0.6 is 0 Å². The molecule has 0 aliphatic carbocycles. The van der Waals surface area contributed by atoms with Crippen LogP contribution in [-0.4, -0.2) is 11.7 Å².